The molecule has 2 N–H and O–H groups in total. The van der Waals surface area contributed by atoms with Gasteiger partial charge in [0, 0.05) is 40.0 Å². The van der Waals surface area contributed by atoms with Gasteiger partial charge in [0.05, 0.1) is 12.7 Å². The highest BCUT2D eigenvalue weighted by molar-refractivity contribution is 5.47. The Bertz CT molecular complexity index is 404. The maximum Gasteiger partial charge on any atom is 0.158 e. The molecule has 0 saturated heterocycles. The van der Waals surface area contributed by atoms with Crippen LogP contribution in [0.15, 0.2) is 6.07 Å². The molecule has 1 aromatic rings. The normalized spacial score (nSPS) is 12.2. The fraction of sp³-hybridized carbons (Fsp3) is 0.714. The van der Waals surface area contributed by atoms with Gasteiger partial charge >= 0.3 is 0 Å². The first kappa shape index (κ1) is 17.6. The third-order valence-corrected chi connectivity index (χ3v) is 2.76. The van der Waals surface area contributed by atoms with Crippen LogP contribution in [0.2, 0.25) is 0 Å². The molecule has 0 fully saturated rings. The Morgan fingerprint density at radius 2 is 1.86 bits per heavy atom. The SMILES string of the molecule is CCNc1cc(NCC(COC)OC)nc(COCC)n1. The summed E-state index contributed by atoms with van der Waals surface area (Å²) < 4.78 is 15.8. The first-order chi connectivity index (χ1) is 10.2. The summed E-state index contributed by atoms with van der Waals surface area (Å²) in [4.78, 5) is 8.84. The van der Waals surface area contributed by atoms with Crippen LogP contribution in [-0.4, -0.2) is 56.6 Å². The molecule has 1 heterocycles. The quantitative estimate of drug-likeness (QED) is 0.641. The zero-order valence-corrected chi connectivity index (χ0v) is 13.3. The van der Waals surface area contributed by atoms with Crippen molar-refractivity contribution in [1.82, 2.24) is 9.97 Å². The first-order valence-electron chi connectivity index (χ1n) is 7.18. The van der Waals surface area contributed by atoms with Gasteiger partial charge in [-0.1, -0.05) is 0 Å². The van der Waals surface area contributed by atoms with Crippen LogP contribution in [0.1, 0.15) is 19.7 Å². The molecule has 1 atom stereocenters. The summed E-state index contributed by atoms with van der Waals surface area (Å²) in [7, 11) is 3.32. The number of methoxy groups -OCH3 is 2. The topological polar surface area (TPSA) is 77.5 Å². The van der Waals surface area contributed by atoms with Crippen molar-refractivity contribution in [2.24, 2.45) is 0 Å². The zero-order chi connectivity index (χ0) is 15.5. The molecular weight excluding hydrogens is 272 g/mol. The predicted molar refractivity (Wildman–Crippen MR) is 82.7 cm³/mol. The van der Waals surface area contributed by atoms with Crippen LogP contribution in [0, 0.1) is 0 Å². The van der Waals surface area contributed by atoms with E-state index in [0.29, 0.717) is 32.2 Å². The largest absolute Gasteiger partial charge is 0.382 e. The zero-order valence-electron chi connectivity index (χ0n) is 13.3. The molecule has 1 rings (SSSR count). The van der Waals surface area contributed by atoms with E-state index in [1.54, 1.807) is 14.2 Å². The van der Waals surface area contributed by atoms with Crippen LogP contribution in [0.3, 0.4) is 0 Å². The predicted octanol–water partition coefficient (Wildman–Crippen LogP) is 1.52. The van der Waals surface area contributed by atoms with Crippen LogP contribution in [0.25, 0.3) is 0 Å². The van der Waals surface area contributed by atoms with E-state index in [1.165, 1.54) is 0 Å². The van der Waals surface area contributed by atoms with Crippen molar-refractivity contribution >= 4 is 11.6 Å². The van der Waals surface area contributed by atoms with Crippen molar-refractivity contribution < 1.29 is 14.2 Å². The van der Waals surface area contributed by atoms with E-state index in [1.807, 2.05) is 19.9 Å². The second-order valence-corrected chi connectivity index (χ2v) is 4.42. The van der Waals surface area contributed by atoms with Crippen molar-refractivity contribution in [1.29, 1.82) is 0 Å². The number of nitrogens with one attached hydrogen (secondary N) is 2. The number of hydrogen-bond donors (Lipinski definition) is 2. The van der Waals surface area contributed by atoms with Crippen LogP contribution >= 0.6 is 0 Å². The molecule has 1 aromatic heterocycles. The summed E-state index contributed by atoms with van der Waals surface area (Å²) in [6, 6.07) is 1.87. The Kier molecular flexibility index (Phi) is 8.65. The van der Waals surface area contributed by atoms with Gasteiger partial charge in [-0.25, -0.2) is 9.97 Å². The summed E-state index contributed by atoms with van der Waals surface area (Å²) in [5, 5.41) is 6.43. The Balaban J connectivity index is 2.71. The molecule has 0 spiro atoms. The summed E-state index contributed by atoms with van der Waals surface area (Å²) in [5.41, 5.74) is 0. The van der Waals surface area contributed by atoms with Gasteiger partial charge in [0.25, 0.3) is 0 Å². The van der Waals surface area contributed by atoms with E-state index in [2.05, 4.69) is 20.6 Å². The van der Waals surface area contributed by atoms with E-state index < -0.39 is 0 Å². The minimum atomic E-state index is -0.0251. The van der Waals surface area contributed by atoms with Crippen molar-refractivity contribution in [2.45, 2.75) is 26.6 Å². The van der Waals surface area contributed by atoms with Crippen LogP contribution in [-0.2, 0) is 20.8 Å². The standard InChI is InChI=1S/C14H26N4O3/c1-5-15-12-7-13(16-8-11(20-4)9-19-3)18-14(17-12)10-21-6-2/h7,11H,5-6,8-10H2,1-4H3,(H2,15,16,17,18). The molecule has 0 amide bonds. The third-order valence-electron chi connectivity index (χ3n) is 2.76. The molecule has 0 bridgehead atoms. The molecule has 7 heteroatoms. The van der Waals surface area contributed by atoms with Gasteiger partial charge in [-0.2, -0.15) is 0 Å². The number of ether oxygens (including phenoxy) is 3. The van der Waals surface area contributed by atoms with Gasteiger partial charge in [-0.05, 0) is 13.8 Å². The second kappa shape index (κ2) is 10.3. The average molecular weight is 298 g/mol. The van der Waals surface area contributed by atoms with Gasteiger partial charge in [0.15, 0.2) is 5.82 Å². The molecule has 0 radical (unpaired) electrons. The van der Waals surface area contributed by atoms with Crippen LogP contribution < -0.4 is 10.6 Å². The highest BCUT2D eigenvalue weighted by Crippen LogP contribution is 2.12. The number of hydrogen-bond acceptors (Lipinski definition) is 7. The molecule has 0 aliphatic rings. The van der Waals surface area contributed by atoms with Crippen LogP contribution in [0.4, 0.5) is 11.6 Å². The molecule has 21 heavy (non-hydrogen) atoms. The van der Waals surface area contributed by atoms with Crippen LogP contribution in [0.5, 0.6) is 0 Å². The monoisotopic (exact) mass is 298 g/mol. The Morgan fingerprint density at radius 1 is 1.14 bits per heavy atom. The van der Waals surface area contributed by atoms with Crippen molar-refractivity contribution in [3.05, 3.63) is 11.9 Å². The fourth-order valence-electron chi connectivity index (χ4n) is 1.73. The van der Waals surface area contributed by atoms with Gasteiger partial charge in [0.1, 0.15) is 18.2 Å². The summed E-state index contributed by atoms with van der Waals surface area (Å²) in [6.45, 7) is 6.95. The molecule has 120 valence electrons. The van der Waals surface area contributed by atoms with Gasteiger partial charge in [-0.3, -0.25) is 0 Å². The highest BCUT2D eigenvalue weighted by atomic mass is 16.5. The minimum absolute atomic E-state index is 0.0251. The Morgan fingerprint density at radius 3 is 2.43 bits per heavy atom. The van der Waals surface area contributed by atoms with E-state index in [-0.39, 0.29) is 6.10 Å². The Labute approximate surface area is 126 Å². The minimum Gasteiger partial charge on any atom is -0.382 e. The summed E-state index contributed by atoms with van der Waals surface area (Å²) in [5.74, 6) is 2.18. The van der Waals surface area contributed by atoms with Gasteiger partial charge in [-0.15, -0.1) is 0 Å². The molecule has 7 nitrogen and oxygen atoms in total. The smallest absolute Gasteiger partial charge is 0.158 e. The van der Waals surface area contributed by atoms with Crippen molar-refractivity contribution in [2.75, 3.05) is 51.2 Å². The fourth-order valence-corrected chi connectivity index (χ4v) is 1.73. The number of nitrogens with zero attached hydrogens (tertiary/aromatic N) is 2. The van der Waals surface area contributed by atoms with Crippen molar-refractivity contribution in [3.63, 3.8) is 0 Å². The first-order valence-corrected chi connectivity index (χ1v) is 7.18. The number of anilines is 2. The van der Waals surface area contributed by atoms with E-state index in [4.69, 9.17) is 14.2 Å². The number of aromatic nitrogens is 2. The van der Waals surface area contributed by atoms with Crippen molar-refractivity contribution in [3.8, 4) is 0 Å². The lowest BCUT2D eigenvalue weighted by Crippen LogP contribution is -2.27. The maximum atomic E-state index is 5.37. The van der Waals surface area contributed by atoms with Gasteiger partial charge < -0.3 is 24.8 Å². The maximum absolute atomic E-state index is 5.37. The lowest BCUT2D eigenvalue weighted by atomic mass is 10.3. The highest BCUT2D eigenvalue weighted by Gasteiger charge is 2.09. The summed E-state index contributed by atoms with van der Waals surface area (Å²) >= 11 is 0. The third kappa shape index (κ3) is 6.70. The van der Waals surface area contributed by atoms with E-state index >= 15 is 0 Å². The molecule has 0 aliphatic carbocycles. The second-order valence-electron chi connectivity index (χ2n) is 4.42. The average Bonchev–Trinajstić information content (AvgIpc) is 2.49. The molecular formula is C14H26N4O3. The van der Waals surface area contributed by atoms with E-state index in [9.17, 15) is 0 Å². The molecule has 0 saturated carbocycles. The number of rotatable bonds is 11. The molecule has 1 unspecified atom stereocenters. The summed E-state index contributed by atoms with van der Waals surface area (Å²) in [6.07, 6.45) is -0.0251. The molecule has 0 aromatic carbocycles. The lowest BCUT2D eigenvalue weighted by molar-refractivity contribution is 0.0365. The lowest BCUT2D eigenvalue weighted by Gasteiger charge is -2.16. The van der Waals surface area contributed by atoms with Gasteiger partial charge in [0.2, 0.25) is 0 Å². The Hall–Kier alpha value is -1.44. The van der Waals surface area contributed by atoms with E-state index in [0.717, 1.165) is 18.2 Å². The molecule has 0 aliphatic heterocycles.